The van der Waals surface area contributed by atoms with Gasteiger partial charge >= 0.3 is 0 Å². The van der Waals surface area contributed by atoms with Crippen LogP contribution >= 0.6 is 0 Å². The summed E-state index contributed by atoms with van der Waals surface area (Å²) in [6, 6.07) is 0. The van der Waals surface area contributed by atoms with E-state index in [0.29, 0.717) is 17.8 Å². The highest BCUT2D eigenvalue weighted by Gasteiger charge is 2.19. The third kappa shape index (κ3) is 4.17. The third-order valence-corrected chi connectivity index (χ3v) is 3.27. The SMILES string of the molecule is CCCNc1nc(N(C)CC(N)=O)nc(N2CCCC2)n1. The molecule has 1 saturated heterocycles. The second-order valence-electron chi connectivity index (χ2n) is 5.20. The van der Waals surface area contributed by atoms with Crippen LogP contribution in [0.25, 0.3) is 0 Å². The first kappa shape index (κ1) is 15.3. The molecular formula is C13H23N7O. The van der Waals surface area contributed by atoms with Crippen molar-refractivity contribution in [3.63, 3.8) is 0 Å². The Kier molecular flexibility index (Phi) is 5.13. The number of carbonyl (C=O) groups is 1. The molecule has 1 aromatic heterocycles. The van der Waals surface area contributed by atoms with Crippen molar-refractivity contribution in [3.05, 3.63) is 0 Å². The van der Waals surface area contributed by atoms with Crippen molar-refractivity contribution >= 4 is 23.8 Å². The molecule has 1 fully saturated rings. The van der Waals surface area contributed by atoms with Gasteiger partial charge in [-0.3, -0.25) is 4.79 Å². The van der Waals surface area contributed by atoms with Gasteiger partial charge in [-0.25, -0.2) is 0 Å². The summed E-state index contributed by atoms with van der Waals surface area (Å²) in [4.78, 5) is 28.1. The van der Waals surface area contributed by atoms with Crippen molar-refractivity contribution < 1.29 is 4.79 Å². The van der Waals surface area contributed by atoms with Gasteiger partial charge in [0.1, 0.15) is 0 Å². The van der Waals surface area contributed by atoms with Crippen LogP contribution in [0.2, 0.25) is 0 Å². The summed E-state index contributed by atoms with van der Waals surface area (Å²) in [5, 5.41) is 3.18. The van der Waals surface area contributed by atoms with Crippen molar-refractivity contribution in [3.8, 4) is 0 Å². The Morgan fingerprint density at radius 3 is 2.67 bits per heavy atom. The van der Waals surface area contributed by atoms with Crippen LogP contribution in [0.4, 0.5) is 17.8 Å². The van der Waals surface area contributed by atoms with Crippen molar-refractivity contribution in [1.82, 2.24) is 15.0 Å². The Morgan fingerprint density at radius 2 is 2.05 bits per heavy atom. The van der Waals surface area contributed by atoms with E-state index in [2.05, 4.69) is 32.1 Å². The molecule has 0 spiro atoms. The summed E-state index contributed by atoms with van der Waals surface area (Å²) in [5.74, 6) is 1.25. The molecular weight excluding hydrogens is 270 g/mol. The monoisotopic (exact) mass is 293 g/mol. The van der Waals surface area contributed by atoms with E-state index >= 15 is 0 Å². The number of nitrogens with zero attached hydrogens (tertiary/aromatic N) is 5. The molecule has 0 aromatic carbocycles. The molecule has 0 unspecified atom stereocenters. The largest absolute Gasteiger partial charge is 0.368 e. The van der Waals surface area contributed by atoms with Crippen LogP contribution in [0.1, 0.15) is 26.2 Å². The predicted octanol–water partition coefficient (Wildman–Crippen LogP) is 0.215. The smallest absolute Gasteiger partial charge is 0.237 e. The zero-order valence-electron chi connectivity index (χ0n) is 12.7. The average molecular weight is 293 g/mol. The minimum Gasteiger partial charge on any atom is -0.368 e. The molecule has 2 rings (SSSR count). The Labute approximate surface area is 124 Å². The van der Waals surface area contributed by atoms with E-state index in [1.807, 2.05) is 0 Å². The summed E-state index contributed by atoms with van der Waals surface area (Å²) >= 11 is 0. The lowest BCUT2D eigenvalue weighted by Crippen LogP contribution is -2.32. The zero-order chi connectivity index (χ0) is 15.2. The summed E-state index contributed by atoms with van der Waals surface area (Å²) in [6.45, 7) is 4.86. The van der Waals surface area contributed by atoms with E-state index in [9.17, 15) is 4.79 Å². The summed E-state index contributed by atoms with van der Waals surface area (Å²) in [5.41, 5.74) is 5.23. The number of nitrogens with two attached hydrogens (primary N) is 1. The fraction of sp³-hybridized carbons (Fsp3) is 0.692. The number of aromatic nitrogens is 3. The maximum absolute atomic E-state index is 11.1. The minimum atomic E-state index is -0.413. The Bertz CT molecular complexity index is 487. The molecule has 8 heteroatoms. The number of nitrogens with one attached hydrogen (secondary N) is 1. The first-order valence-electron chi connectivity index (χ1n) is 7.34. The Balaban J connectivity index is 2.24. The number of rotatable bonds is 7. The van der Waals surface area contributed by atoms with Crippen LogP contribution in [-0.4, -0.2) is 54.1 Å². The molecule has 1 aliphatic rings. The van der Waals surface area contributed by atoms with E-state index in [4.69, 9.17) is 5.73 Å². The fourth-order valence-electron chi connectivity index (χ4n) is 2.20. The minimum absolute atomic E-state index is 0.0800. The highest BCUT2D eigenvalue weighted by molar-refractivity contribution is 5.78. The van der Waals surface area contributed by atoms with Crippen LogP contribution < -0.4 is 20.9 Å². The Hall–Kier alpha value is -2.12. The van der Waals surface area contributed by atoms with E-state index in [1.54, 1.807) is 11.9 Å². The number of anilines is 3. The highest BCUT2D eigenvalue weighted by Crippen LogP contribution is 2.19. The molecule has 0 radical (unpaired) electrons. The second-order valence-corrected chi connectivity index (χ2v) is 5.20. The molecule has 0 aliphatic carbocycles. The predicted molar refractivity (Wildman–Crippen MR) is 82.5 cm³/mol. The van der Waals surface area contributed by atoms with Gasteiger partial charge in [-0.2, -0.15) is 15.0 Å². The van der Waals surface area contributed by atoms with Crippen molar-refractivity contribution in [1.29, 1.82) is 0 Å². The number of carbonyl (C=O) groups excluding carboxylic acids is 1. The van der Waals surface area contributed by atoms with Crippen molar-refractivity contribution in [2.24, 2.45) is 5.73 Å². The zero-order valence-corrected chi connectivity index (χ0v) is 12.7. The van der Waals surface area contributed by atoms with E-state index in [1.165, 1.54) is 0 Å². The van der Waals surface area contributed by atoms with Gasteiger partial charge < -0.3 is 20.9 Å². The van der Waals surface area contributed by atoms with Crippen LogP contribution in [0.3, 0.4) is 0 Å². The second kappa shape index (κ2) is 7.05. The molecule has 0 saturated carbocycles. The number of hydrogen-bond donors (Lipinski definition) is 2. The van der Waals surface area contributed by atoms with Gasteiger partial charge in [-0.1, -0.05) is 6.92 Å². The van der Waals surface area contributed by atoms with Crippen LogP contribution in [0.15, 0.2) is 0 Å². The summed E-state index contributed by atoms with van der Waals surface area (Å²) in [6.07, 6.45) is 3.28. The van der Waals surface area contributed by atoms with Gasteiger partial charge in [0, 0.05) is 26.7 Å². The normalized spacial score (nSPS) is 14.3. The third-order valence-electron chi connectivity index (χ3n) is 3.27. The van der Waals surface area contributed by atoms with E-state index in [-0.39, 0.29) is 6.54 Å². The molecule has 1 amide bonds. The quantitative estimate of drug-likeness (QED) is 0.741. The first-order chi connectivity index (χ1) is 10.1. The number of hydrogen-bond acceptors (Lipinski definition) is 7. The van der Waals surface area contributed by atoms with Gasteiger partial charge in [0.05, 0.1) is 6.54 Å². The number of amides is 1. The van der Waals surface area contributed by atoms with Gasteiger partial charge in [-0.15, -0.1) is 0 Å². The molecule has 3 N–H and O–H groups in total. The highest BCUT2D eigenvalue weighted by atomic mass is 16.1. The topological polar surface area (TPSA) is 100 Å². The van der Waals surface area contributed by atoms with Gasteiger partial charge in [0.15, 0.2) is 0 Å². The standard InChI is InChI=1S/C13H23N7O/c1-3-6-15-11-16-12(19(2)9-10(14)21)18-13(17-11)20-7-4-5-8-20/h3-9H2,1-2H3,(H2,14,21)(H,15,16,17,18). The molecule has 0 atom stereocenters. The molecule has 8 nitrogen and oxygen atoms in total. The number of primary amides is 1. The lowest BCUT2D eigenvalue weighted by atomic mass is 10.4. The van der Waals surface area contributed by atoms with Crippen LogP contribution in [0, 0.1) is 0 Å². The maximum Gasteiger partial charge on any atom is 0.237 e. The average Bonchev–Trinajstić information content (AvgIpc) is 2.98. The van der Waals surface area contributed by atoms with Gasteiger partial charge in [-0.05, 0) is 19.3 Å². The summed E-state index contributed by atoms with van der Waals surface area (Å²) in [7, 11) is 1.75. The van der Waals surface area contributed by atoms with Crippen molar-refractivity contribution in [2.45, 2.75) is 26.2 Å². The molecule has 2 heterocycles. The van der Waals surface area contributed by atoms with Crippen LogP contribution in [0.5, 0.6) is 0 Å². The number of likely N-dealkylation sites (N-methyl/N-ethyl adjacent to an activating group) is 1. The summed E-state index contributed by atoms with van der Waals surface area (Å²) < 4.78 is 0. The van der Waals surface area contributed by atoms with Crippen LogP contribution in [-0.2, 0) is 4.79 Å². The van der Waals surface area contributed by atoms with Crippen molar-refractivity contribution in [2.75, 3.05) is 48.3 Å². The van der Waals surface area contributed by atoms with Gasteiger partial charge in [0.25, 0.3) is 0 Å². The maximum atomic E-state index is 11.1. The van der Waals surface area contributed by atoms with E-state index in [0.717, 1.165) is 38.9 Å². The molecule has 21 heavy (non-hydrogen) atoms. The molecule has 0 bridgehead atoms. The van der Waals surface area contributed by atoms with Gasteiger partial charge in [0.2, 0.25) is 23.8 Å². The molecule has 1 aliphatic heterocycles. The fourth-order valence-corrected chi connectivity index (χ4v) is 2.20. The first-order valence-corrected chi connectivity index (χ1v) is 7.34. The Morgan fingerprint density at radius 1 is 1.33 bits per heavy atom. The molecule has 116 valence electrons. The lowest BCUT2D eigenvalue weighted by molar-refractivity contribution is -0.116. The lowest BCUT2D eigenvalue weighted by Gasteiger charge is -2.20. The molecule has 1 aromatic rings. The van der Waals surface area contributed by atoms with E-state index < -0.39 is 5.91 Å².